The molecule has 1 aromatic heterocycles. The van der Waals surface area contributed by atoms with Gasteiger partial charge in [-0.1, -0.05) is 17.7 Å². The van der Waals surface area contributed by atoms with Crippen molar-refractivity contribution >= 4 is 11.6 Å². The van der Waals surface area contributed by atoms with E-state index in [1.807, 2.05) is 0 Å². The van der Waals surface area contributed by atoms with Crippen molar-refractivity contribution in [2.24, 2.45) is 0 Å². The van der Waals surface area contributed by atoms with E-state index in [9.17, 15) is 5.26 Å². The number of methoxy groups -OCH3 is 1. The van der Waals surface area contributed by atoms with Crippen molar-refractivity contribution in [1.82, 2.24) is 9.97 Å². The van der Waals surface area contributed by atoms with Gasteiger partial charge in [-0.3, -0.25) is 0 Å². The molecule has 1 heterocycles. The summed E-state index contributed by atoms with van der Waals surface area (Å²) in [6, 6.07) is 9.05. The zero-order valence-corrected chi connectivity index (χ0v) is 10.4. The van der Waals surface area contributed by atoms with Crippen molar-refractivity contribution in [2.45, 2.75) is 5.92 Å². The maximum Gasteiger partial charge on any atom is 0.149 e. The van der Waals surface area contributed by atoms with E-state index >= 15 is 0 Å². The zero-order valence-electron chi connectivity index (χ0n) is 9.67. The topological polar surface area (TPSA) is 58.8 Å². The molecular formula is C13H10ClN3O. The van der Waals surface area contributed by atoms with Crippen LogP contribution in [0.5, 0.6) is 5.75 Å². The summed E-state index contributed by atoms with van der Waals surface area (Å²) in [4.78, 5) is 8.17. The molecule has 0 amide bonds. The first kappa shape index (κ1) is 12.3. The van der Waals surface area contributed by atoms with Gasteiger partial charge in [-0.2, -0.15) is 5.26 Å². The second-order valence-electron chi connectivity index (χ2n) is 3.56. The molecule has 1 unspecified atom stereocenters. The van der Waals surface area contributed by atoms with Crippen LogP contribution < -0.4 is 4.74 Å². The lowest BCUT2D eigenvalue weighted by Gasteiger charge is -2.10. The van der Waals surface area contributed by atoms with E-state index in [2.05, 4.69) is 16.0 Å². The quantitative estimate of drug-likeness (QED) is 0.850. The zero-order chi connectivity index (χ0) is 13.0. The van der Waals surface area contributed by atoms with Crippen molar-refractivity contribution in [1.29, 1.82) is 5.26 Å². The average Bonchev–Trinajstić information content (AvgIpc) is 2.42. The Morgan fingerprint density at radius 1 is 1.33 bits per heavy atom. The number of hydrogen-bond donors (Lipinski definition) is 0. The summed E-state index contributed by atoms with van der Waals surface area (Å²) >= 11 is 6.14. The Morgan fingerprint density at radius 3 is 2.61 bits per heavy atom. The summed E-state index contributed by atoms with van der Waals surface area (Å²) in [5.41, 5.74) is 0.672. The number of nitrogens with zero attached hydrogens (tertiary/aromatic N) is 3. The van der Waals surface area contributed by atoms with Gasteiger partial charge >= 0.3 is 0 Å². The van der Waals surface area contributed by atoms with Gasteiger partial charge in [0.1, 0.15) is 17.5 Å². The molecular weight excluding hydrogens is 250 g/mol. The number of halogens is 1. The smallest absolute Gasteiger partial charge is 0.149 e. The predicted octanol–water partition coefficient (Wildman–Crippen LogP) is 2.79. The minimum absolute atomic E-state index is 0.437. The third-order valence-electron chi connectivity index (χ3n) is 2.49. The van der Waals surface area contributed by atoms with Gasteiger partial charge in [0.25, 0.3) is 0 Å². The molecule has 18 heavy (non-hydrogen) atoms. The summed E-state index contributed by atoms with van der Waals surface area (Å²) in [6.45, 7) is 0. The first-order valence-electron chi connectivity index (χ1n) is 5.26. The molecule has 5 heteroatoms. The number of aromatic nitrogens is 2. The second-order valence-corrected chi connectivity index (χ2v) is 3.96. The molecule has 2 rings (SSSR count). The normalized spacial score (nSPS) is 11.6. The summed E-state index contributed by atoms with van der Waals surface area (Å²) in [5.74, 6) is 0.506. The van der Waals surface area contributed by atoms with Crippen LogP contribution in [0.3, 0.4) is 0 Å². The van der Waals surface area contributed by atoms with Gasteiger partial charge < -0.3 is 4.74 Å². The first-order valence-corrected chi connectivity index (χ1v) is 5.64. The van der Waals surface area contributed by atoms with Crippen molar-refractivity contribution in [2.75, 3.05) is 7.11 Å². The monoisotopic (exact) mass is 259 g/mol. The Balaban J connectivity index is 2.44. The van der Waals surface area contributed by atoms with Gasteiger partial charge in [-0.05, 0) is 23.8 Å². The van der Waals surface area contributed by atoms with Crippen LogP contribution in [0.1, 0.15) is 17.3 Å². The standard InChI is InChI=1S/C13H10ClN3O/c1-18-9-3-4-10(12(14)7-9)11(8-15)13-16-5-2-6-17-13/h2-7,11H,1H3. The van der Waals surface area contributed by atoms with Crippen LogP contribution in [-0.4, -0.2) is 17.1 Å². The summed E-state index contributed by atoms with van der Waals surface area (Å²) in [7, 11) is 1.56. The van der Waals surface area contributed by atoms with Gasteiger partial charge in [0.2, 0.25) is 0 Å². The van der Waals surface area contributed by atoms with E-state index in [0.29, 0.717) is 22.2 Å². The molecule has 90 valence electrons. The molecule has 2 aromatic rings. The highest BCUT2D eigenvalue weighted by Gasteiger charge is 2.19. The molecule has 0 bridgehead atoms. The number of rotatable bonds is 3. The maximum atomic E-state index is 9.26. The number of ether oxygens (including phenoxy) is 1. The average molecular weight is 260 g/mol. The van der Waals surface area contributed by atoms with Crippen LogP contribution in [0.2, 0.25) is 5.02 Å². The van der Waals surface area contributed by atoms with Crippen LogP contribution in [0.25, 0.3) is 0 Å². The van der Waals surface area contributed by atoms with Gasteiger partial charge in [0.05, 0.1) is 13.2 Å². The molecule has 0 radical (unpaired) electrons. The van der Waals surface area contributed by atoms with Crippen LogP contribution in [-0.2, 0) is 0 Å². The fourth-order valence-electron chi connectivity index (χ4n) is 1.60. The Kier molecular flexibility index (Phi) is 3.75. The minimum atomic E-state index is -0.579. The fourth-order valence-corrected chi connectivity index (χ4v) is 1.87. The largest absolute Gasteiger partial charge is 0.497 e. The second kappa shape index (κ2) is 5.48. The van der Waals surface area contributed by atoms with Gasteiger partial charge in [-0.25, -0.2) is 9.97 Å². The Morgan fingerprint density at radius 2 is 2.06 bits per heavy atom. The molecule has 0 saturated heterocycles. The molecule has 0 N–H and O–H groups in total. The predicted molar refractivity (Wildman–Crippen MR) is 67.5 cm³/mol. The summed E-state index contributed by atoms with van der Waals surface area (Å²) in [5, 5.41) is 9.73. The SMILES string of the molecule is COc1ccc(C(C#N)c2ncccn2)c(Cl)c1. The number of hydrogen-bond acceptors (Lipinski definition) is 4. The highest BCUT2D eigenvalue weighted by Crippen LogP contribution is 2.30. The van der Waals surface area contributed by atoms with E-state index in [4.69, 9.17) is 16.3 Å². The van der Waals surface area contributed by atoms with Crippen LogP contribution in [0.15, 0.2) is 36.7 Å². The minimum Gasteiger partial charge on any atom is -0.497 e. The van der Waals surface area contributed by atoms with Gasteiger partial charge in [-0.15, -0.1) is 0 Å². The Hall–Kier alpha value is -2.12. The first-order chi connectivity index (χ1) is 8.76. The van der Waals surface area contributed by atoms with Crippen LogP contribution in [0, 0.1) is 11.3 Å². The van der Waals surface area contributed by atoms with E-state index in [1.165, 1.54) is 0 Å². The lowest BCUT2D eigenvalue weighted by Crippen LogP contribution is -2.04. The third kappa shape index (κ3) is 2.41. The fraction of sp³-hybridized carbons (Fsp3) is 0.154. The lowest BCUT2D eigenvalue weighted by atomic mass is 9.99. The molecule has 0 aliphatic rings. The third-order valence-corrected chi connectivity index (χ3v) is 2.82. The molecule has 0 saturated carbocycles. The Bertz CT molecular complexity index is 581. The highest BCUT2D eigenvalue weighted by atomic mass is 35.5. The van der Waals surface area contributed by atoms with Crippen LogP contribution in [0.4, 0.5) is 0 Å². The van der Waals surface area contributed by atoms with E-state index in [-0.39, 0.29) is 0 Å². The number of nitriles is 1. The molecule has 1 atom stereocenters. The van der Waals surface area contributed by atoms with E-state index < -0.39 is 5.92 Å². The van der Waals surface area contributed by atoms with Gasteiger partial charge in [0, 0.05) is 17.4 Å². The maximum absolute atomic E-state index is 9.26. The molecule has 0 aliphatic carbocycles. The summed E-state index contributed by atoms with van der Waals surface area (Å²) < 4.78 is 5.07. The van der Waals surface area contributed by atoms with E-state index in [0.717, 1.165) is 0 Å². The Labute approximate surface area is 110 Å². The number of benzene rings is 1. The molecule has 4 nitrogen and oxygen atoms in total. The molecule has 0 spiro atoms. The molecule has 0 aliphatic heterocycles. The summed E-state index contributed by atoms with van der Waals surface area (Å²) in [6.07, 6.45) is 3.20. The molecule has 0 fully saturated rings. The van der Waals surface area contributed by atoms with Crippen molar-refractivity contribution in [3.8, 4) is 11.8 Å². The van der Waals surface area contributed by atoms with Crippen molar-refractivity contribution < 1.29 is 4.74 Å². The van der Waals surface area contributed by atoms with E-state index in [1.54, 1.807) is 43.8 Å². The van der Waals surface area contributed by atoms with Gasteiger partial charge in [0.15, 0.2) is 0 Å². The van der Waals surface area contributed by atoms with Crippen molar-refractivity contribution in [3.63, 3.8) is 0 Å². The lowest BCUT2D eigenvalue weighted by molar-refractivity contribution is 0.414. The molecule has 1 aromatic carbocycles. The van der Waals surface area contributed by atoms with Crippen LogP contribution >= 0.6 is 11.6 Å². The van der Waals surface area contributed by atoms with Crippen molar-refractivity contribution in [3.05, 3.63) is 53.1 Å². The highest BCUT2D eigenvalue weighted by molar-refractivity contribution is 6.31.